The average molecular weight is 260 g/mol. The van der Waals surface area contributed by atoms with Crippen molar-refractivity contribution >= 4 is 21.4 Å². The van der Waals surface area contributed by atoms with Crippen molar-refractivity contribution in [3.05, 3.63) is 24.0 Å². The SMILES string of the molecule is CC(CS(=O)(=O)c1cc(N)cc(F)c1)C(N)=O. The van der Waals surface area contributed by atoms with Crippen LogP contribution in [0.3, 0.4) is 0 Å². The summed E-state index contributed by atoms with van der Waals surface area (Å²) in [5.74, 6) is -2.77. The molecule has 0 radical (unpaired) electrons. The molecule has 0 aliphatic heterocycles. The number of carbonyl (C=O) groups excluding carboxylic acids is 1. The summed E-state index contributed by atoms with van der Waals surface area (Å²) >= 11 is 0. The minimum Gasteiger partial charge on any atom is -0.399 e. The first-order chi connectivity index (χ1) is 7.72. The van der Waals surface area contributed by atoms with Crippen LogP contribution in [0.5, 0.6) is 0 Å². The standard InChI is InChI=1S/C10H13FN2O3S/c1-6(10(13)14)5-17(15,16)9-3-7(11)2-8(12)4-9/h2-4,6H,5,12H2,1H3,(H2,13,14). The Labute approximate surface area is 98.5 Å². The lowest BCUT2D eigenvalue weighted by Gasteiger charge is -2.09. The second-order valence-electron chi connectivity index (χ2n) is 3.81. The summed E-state index contributed by atoms with van der Waals surface area (Å²) < 4.78 is 36.7. The summed E-state index contributed by atoms with van der Waals surface area (Å²) in [6.07, 6.45) is 0. The number of nitrogens with two attached hydrogens (primary N) is 2. The molecule has 1 amide bonds. The summed E-state index contributed by atoms with van der Waals surface area (Å²) in [6, 6.07) is 3.02. The van der Waals surface area contributed by atoms with Crippen molar-refractivity contribution < 1.29 is 17.6 Å². The van der Waals surface area contributed by atoms with Crippen LogP contribution in [0.15, 0.2) is 23.1 Å². The third kappa shape index (κ3) is 3.42. The van der Waals surface area contributed by atoms with E-state index in [0.29, 0.717) is 0 Å². The van der Waals surface area contributed by atoms with Crippen molar-refractivity contribution in [2.75, 3.05) is 11.5 Å². The molecule has 0 heterocycles. The van der Waals surface area contributed by atoms with Gasteiger partial charge in [0.15, 0.2) is 9.84 Å². The molecule has 1 atom stereocenters. The summed E-state index contributed by atoms with van der Waals surface area (Å²) in [5, 5.41) is 0. The van der Waals surface area contributed by atoms with Crippen LogP contribution in [0.1, 0.15) is 6.92 Å². The van der Waals surface area contributed by atoms with E-state index in [-0.39, 0.29) is 10.6 Å². The van der Waals surface area contributed by atoms with Gasteiger partial charge in [-0.1, -0.05) is 6.92 Å². The van der Waals surface area contributed by atoms with Crippen LogP contribution < -0.4 is 11.5 Å². The molecule has 0 saturated heterocycles. The smallest absolute Gasteiger partial charge is 0.221 e. The number of sulfone groups is 1. The van der Waals surface area contributed by atoms with Gasteiger partial charge in [0, 0.05) is 11.6 Å². The molecule has 0 aromatic heterocycles. The van der Waals surface area contributed by atoms with Gasteiger partial charge in [-0.05, 0) is 18.2 Å². The molecule has 0 saturated carbocycles. The van der Waals surface area contributed by atoms with E-state index in [1.807, 2.05) is 0 Å². The van der Waals surface area contributed by atoms with Gasteiger partial charge in [-0.3, -0.25) is 4.79 Å². The van der Waals surface area contributed by atoms with Crippen LogP contribution in [-0.4, -0.2) is 20.1 Å². The number of amides is 1. The molecule has 5 nitrogen and oxygen atoms in total. The van der Waals surface area contributed by atoms with Gasteiger partial charge in [0.25, 0.3) is 0 Å². The Morgan fingerprint density at radius 2 is 2.00 bits per heavy atom. The first-order valence-corrected chi connectivity index (χ1v) is 6.46. The molecule has 0 aliphatic carbocycles. The number of rotatable bonds is 4. The van der Waals surface area contributed by atoms with Crippen molar-refractivity contribution in [3.63, 3.8) is 0 Å². The van der Waals surface area contributed by atoms with Crippen LogP contribution in [0.2, 0.25) is 0 Å². The average Bonchev–Trinajstić information content (AvgIpc) is 2.15. The van der Waals surface area contributed by atoms with Gasteiger partial charge in [0.1, 0.15) is 5.82 Å². The maximum atomic E-state index is 13.0. The van der Waals surface area contributed by atoms with Crippen LogP contribution in [0.4, 0.5) is 10.1 Å². The molecule has 1 aromatic carbocycles. The normalized spacial score (nSPS) is 13.3. The summed E-state index contributed by atoms with van der Waals surface area (Å²) in [5.41, 5.74) is 10.3. The Morgan fingerprint density at radius 1 is 1.41 bits per heavy atom. The Morgan fingerprint density at radius 3 is 2.47 bits per heavy atom. The van der Waals surface area contributed by atoms with Gasteiger partial charge in [0.2, 0.25) is 5.91 Å². The Balaban J connectivity index is 3.09. The minimum atomic E-state index is -3.77. The topological polar surface area (TPSA) is 103 Å². The van der Waals surface area contributed by atoms with E-state index in [1.165, 1.54) is 6.92 Å². The van der Waals surface area contributed by atoms with E-state index >= 15 is 0 Å². The predicted octanol–water partition coefficient (Wildman–Crippen LogP) is 0.303. The van der Waals surface area contributed by atoms with Crippen LogP contribution in [0.25, 0.3) is 0 Å². The summed E-state index contributed by atoms with van der Waals surface area (Å²) in [4.78, 5) is 10.6. The fourth-order valence-electron chi connectivity index (χ4n) is 1.27. The van der Waals surface area contributed by atoms with Gasteiger partial charge in [0.05, 0.1) is 10.6 Å². The van der Waals surface area contributed by atoms with E-state index in [0.717, 1.165) is 18.2 Å². The Bertz CT molecular complexity index is 522. The number of nitrogen functional groups attached to an aromatic ring is 1. The molecule has 17 heavy (non-hydrogen) atoms. The lowest BCUT2D eigenvalue weighted by molar-refractivity contribution is -0.120. The first-order valence-electron chi connectivity index (χ1n) is 4.80. The number of hydrogen-bond donors (Lipinski definition) is 2. The second-order valence-corrected chi connectivity index (χ2v) is 5.84. The fraction of sp³-hybridized carbons (Fsp3) is 0.300. The molecule has 0 spiro atoms. The zero-order valence-corrected chi connectivity index (χ0v) is 10.00. The molecule has 7 heteroatoms. The minimum absolute atomic E-state index is 0.00954. The van der Waals surface area contributed by atoms with Crippen molar-refractivity contribution in [2.45, 2.75) is 11.8 Å². The van der Waals surface area contributed by atoms with Gasteiger partial charge < -0.3 is 11.5 Å². The van der Waals surface area contributed by atoms with Crippen molar-refractivity contribution in [1.29, 1.82) is 0 Å². The van der Waals surface area contributed by atoms with Crippen LogP contribution in [-0.2, 0) is 14.6 Å². The monoisotopic (exact) mass is 260 g/mol. The summed E-state index contributed by atoms with van der Waals surface area (Å²) in [7, 11) is -3.77. The largest absolute Gasteiger partial charge is 0.399 e. The van der Waals surface area contributed by atoms with E-state index in [2.05, 4.69) is 0 Å². The molecule has 94 valence electrons. The predicted molar refractivity (Wildman–Crippen MR) is 61.2 cm³/mol. The highest BCUT2D eigenvalue weighted by Gasteiger charge is 2.22. The number of hydrogen-bond acceptors (Lipinski definition) is 4. The first kappa shape index (κ1) is 13.4. The van der Waals surface area contributed by atoms with Crippen molar-refractivity contribution in [3.8, 4) is 0 Å². The molecule has 1 aromatic rings. The number of benzene rings is 1. The highest BCUT2D eigenvalue weighted by Crippen LogP contribution is 2.19. The summed E-state index contributed by atoms with van der Waals surface area (Å²) in [6.45, 7) is 1.39. The van der Waals surface area contributed by atoms with Crippen LogP contribution >= 0.6 is 0 Å². The highest BCUT2D eigenvalue weighted by atomic mass is 32.2. The van der Waals surface area contributed by atoms with Gasteiger partial charge in [-0.15, -0.1) is 0 Å². The molecule has 1 rings (SSSR count). The zero-order chi connectivity index (χ0) is 13.2. The number of carbonyl (C=O) groups is 1. The van der Waals surface area contributed by atoms with Crippen molar-refractivity contribution in [2.24, 2.45) is 11.7 Å². The lowest BCUT2D eigenvalue weighted by Crippen LogP contribution is -2.27. The van der Waals surface area contributed by atoms with E-state index in [1.54, 1.807) is 0 Å². The maximum Gasteiger partial charge on any atom is 0.221 e. The third-order valence-electron chi connectivity index (χ3n) is 2.21. The van der Waals surface area contributed by atoms with E-state index in [4.69, 9.17) is 11.5 Å². The zero-order valence-electron chi connectivity index (χ0n) is 9.18. The van der Waals surface area contributed by atoms with Crippen molar-refractivity contribution in [1.82, 2.24) is 0 Å². The molecular formula is C10H13FN2O3S. The van der Waals surface area contributed by atoms with E-state index in [9.17, 15) is 17.6 Å². The molecule has 1 unspecified atom stereocenters. The van der Waals surface area contributed by atoms with Gasteiger partial charge >= 0.3 is 0 Å². The Hall–Kier alpha value is -1.63. The van der Waals surface area contributed by atoms with Gasteiger partial charge in [-0.25, -0.2) is 12.8 Å². The number of primary amides is 1. The maximum absolute atomic E-state index is 13.0. The molecule has 0 bridgehead atoms. The fourth-order valence-corrected chi connectivity index (χ4v) is 2.89. The van der Waals surface area contributed by atoms with Gasteiger partial charge in [-0.2, -0.15) is 0 Å². The quantitative estimate of drug-likeness (QED) is 0.760. The Kier molecular flexibility index (Phi) is 3.72. The second kappa shape index (κ2) is 4.70. The third-order valence-corrected chi connectivity index (χ3v) is 4.10. The molecule has 0 fully saturated rings. The lowest BCUT2D eigenvalue weighted by atomic mass is 10.2. The number of anilines is 1. The molecule has 0 aliphatic rings. The highest BCUT2D eigenvalue weighted by molar-refractivity contribution is 7.91. The van der Waals surface area contributed by atoms with E-state index < -0.39 is 33.2 Å². The molecular weight excluding hydrogens is 247 g/mol. The molecule has 4 N–H and O–H groups in total. The number of halogens is 1. The van der Waals surface area contributed by atoms with Crippen LogP contribution in [0, 0.1) is 11.7 Å².